The van der Waals surface area contributed by atoms with Crippen molar-refractivity contribution < 1.29 is 8.83 Å². The van der Waals surface area contributed by atoms with Crippen LogP contribution in [0.4, 0.5) is 0 Å². The van der Waals surface area contributed by atoms with Crippen molar-refractivity contribution in [3.05, 3.63) is 97.1 Å². The van der Waals surface area contributed by atoms with Gasteiger partial charge >= 0.3 is 0 Å². The molecular weight excluding hydrogens is 468 g/mol. The minimum Gasteiger partial charge on any atom is -0.439 e. The van der Waals surface area contributed by atoms with E-state index in [0.29, 0.717) is 0 Å². The summed E-state index contributed by atoms with van der Waals surface area (Å²) in [5.41, 5.74) is 8.49. The number of furan rings is 2. The lowest BCUT2D eigenvalue weighted by Crippen LogP contribution is -1.81. The van der Waals surface area contributed by atoms with E-state index in [9.17, 15) is 0 Å². The van der Waals surface area contributed by atoms with E-state index in [0.717, 1.165) is 22.6 Å². The Bertz CT molecular complexity index is 2590. The van der Waals surface area contributed by atoms with Crippen molar-refractivity contribution in [1.82, 2.24) is 8.80 Å². The Morgan fingerprint density at radius 1 is 0.395 bits per heavy atom. The van der Waals surface area contributed by atoms with Gasteiger partial charge in [-0.25, -0.2) is 0 Å². The fraction of sp³-hybridized carbons (Fsp3) is 0. The van der Waals surface area contributed by atoms with Crippen LogP contribution in [0.5, 0.6) is 0 Å². The molecule has 0 fully saturated rings. The fourth-order valence-electron chi connectivity index (χ4n) is 7.35. The van der Waals surface area contributed by atoms with E-state index < -0.39 is 0 Å². The number of benzene rings is 5. The number of hydrogen-bond acceptors (Lipinski definition) is 2. The molecule has 11 aromatic rings. The number of rotatable bonds is 0. The van der Waals surface area contributed by atoms with Crippen LogP contribution in [0.3, 0.4) is 0 Å². The molecule has 0 amide bonds. The number of aromatic nitrogens is 2. The van der Waals surface area contributed by atoms with Crippen molar-refractivity contribution in [1.29, 1.82) is 0 Å². The highest BCUT2D eigenvalue weighted by molar-refractivity contribution is 6.32. The van der Waals surface area contributed by atoms with E-state index in [-0.39, 0.29) is 0 Å². The second-order valence-electron chi connectivity index (χ2n) is 10.5. The van der Waals surface area contributed by atoms with Gasteiger partial charge in [0.1, 0.15) is 11.2 Å². The van der Waals surface area contributed by atoms with Crippen molar-refractivity contribution in [2.45, 2.75) is 0 Å². The van der Waals surface area contributed by atoms with Gasteiger partial charge in [-0.1, -0.05) is 72.8 Å². The van der Waals surface area contributed by atoms with E-state index in [1.54, 1.807) is 0 Å². The van der Waals surface area contributed by atoms with E-state index in [2.05, 4.69) is 93.7 Å². The zero-order valence-corrected chi connectivity index (χ0v) is 19.9. The molecule has 0 N–H and O–H groups in total. The molecule has 0 radical (unpaired) electrons. The SMILES string of the molecule is c1ccc2c(c1)oc1c2c2cccc3c4cc5c(cc4n1c32)c1cccc2c3c4ccccc4oc3n5c12. The van der Waals surface area contributed by atoms with Crippen molar-refractivity contribution in [2.24, 2.45) is 0 Å². The molecule has 0 bridgehead atoms. The minimum absolute atomic E-state index is 0.919. The van der Waals surface area contributed by atoms with Crippen molar-refractivity contribution in [3.8, 4) is 0 Å². The third kappa shape index (κ3) is 1.75. The maximum atomic E-state index is 6.51. The Morgan fingerprint density at radius 3 is 1.32 bits per heavy atom. The molecule has 0 aliphatic carbocycles. The second-order valence-corrected chi connectivity index (χ2v) is 10.5. The van der Waals surface area contributed by atoms with Crippen LogP contribution >= 0.6 is 0 Å². The Balaban J connectivity index is 1.42. The fourth-order valence-corrected chi connectivity index (χ4v) is 7.35. The van der Waals surface area contributed by atoms with Gasteiger partial charge in [-0.15, -0.1) is 0 Å². The summed E-state index contributed by atoms with van der Waals surface area (Å²) >= 11 is 0. The Morgan fingerprint density at radius 2 is 0.816 bits per heavy atom. The predicted octanol–water partition coefficient (Wildman–Crippen LogP) is 9.48. The zero-order valence-electron chi connectivity index (χ0n) is 19.9. The van der Waals surface area contributed by atoms with Crippen LogP contribution in [0, 0.1) is 0 Å². The molecule has 0 unspecified atom stereocenters. The molecule has 0 atom stereocenters. The molecule has 6 aromatic heterocycles. The first-order chi connectivity index (χ1) is 18.9. The van der Waals surface area contributed by atoms with Gasteiger partial charge in [0.05, 0.1) is 32.8 Å². The molecule has 4 heteroatoms. The molecule has 174 valence electrons. The predicted molar refractivity (Wildman–Crippen MR) is 155 cm³/mol. The summed E-state index contributed by atoms with van der Waals surface area (Å²) in [5, 5.41) is 12.1. The maximum absolute atomic E-state index is 6.51. The lowest BCUT2D eigenvalue weighted by Gasteiger charge is -1.98. The number of fused-ring (bicyclic) bond motifs is 16. The smallest absolute Gasteiger partial charge is 0.213 e. The highest BCUT2D eigenvalue weighted by Crippen LogP contribution is 2.47. The minimum atomic E-state index is 0.919. The van der Waals surface area contributed by atoms with Gasteiger partial charge in [-0.2, -0.15) is 0 Å². The molecule has 0 saturated carbocycles. The molecule has 0 aliphatic heterocycles. The Labute approximate surface area is 213 Å². The first-order valence-corrected chi connectivity index (χ1v) is 13.0. The van der Waals surface area contributed by atoms with Crippen molar-refractivity contribution >= 4 is 98.5 Å². The van der Waals surface area contributed by atoms with E-state index in [1.807, 2.05) is 12.1 Å². The van der Waals surface area contributed by atoms with Crippen LogP contribution < -0.4 is 0 Å². The highest BCUT2D eigenvalue weighted by Gasteiger charge is 2.25. The quantitative estimate of drug-likeness (QED) is 0.215. The lowest BCUT2D eigenvalue weighted by atomic mass is 10.0. The van der Waals surface area contributed by atoms with Gasteiger partial charge in [0.2, 0.25) is 11.4 Å². The van der Waals surface area contributed by atoms with Crippen LogP contribution in [0.25, 0.3) is 98.5 Å². The number of nitrogens with zero attached hydrogens (tertiary/aromatic N) is 2. The van der Waals surface area contributed by atoms with Crippen LogP contribution in [-0.4, -0.2) is 8.80 Å². The highest BCUT2D eigenvalue weighted by atomic mass is 16.3. The molecule has 6 heterocycles. The summed E-state index contributed by atoms with van der Waals surface area (Å²) in [6, 6.07) is 34.7. The average molecular weight is 485 g/mol. The topological polar surface area (TPSA) is 35.1 Å². The van der Waals surface area contributed by atoms with Crippen LogP contribution in [0.15, 0.2) is 106 Å². The third-order valence-electron chi connectivity index (χ3n) is 8.79. The van der Waals surface area contributed by atoms with Crippen LogP contribution in [0.2, 0.25) is 0 Å². The number of hydrogen-bond donors (Lipinski definition) is 0. The van der Waals surface area contributed by atoms with Crippen molar-refractivity contribution in [2.75, 3.05) is 0 Å². The largest absolute Gasteiger partial charge is 0.439 e. The van der Waals surface area contributed by atoms with Gasteiger partial charge < -0.3 is 8.83 Å². The van der Waals surface area contributed by atoms with Crippen LogP contribution in [-0.2, 0) is 0 Å². The normalized spacial score (nSPS) is 13.3. The first kappa shape index (κ1) is 18.1. The molecule has 4 nitrogen and oxygen atoms in total. The molecule has 5 aromatic carbocycles. The Kier molecular flexibility index (Phi) is 2.71. The van der Waals surface area contributed by atoms with E-state index in [1.165, 1.54) is 75.9 Å². The van der Waals surface area contributed by atoms with Crippen molar-refractivity contribution in [3.63, 3.8) is 0 Å². The lowest BCUT2D eigenvalue weighted by molar-refractivity contribution is 0.651. The number of para-hydroxylation sites is 4. The molecule has 0 saturated heterocycles. The molecule has 11 rings (SSSR count). The van der Waals surface area contributed by atoms with Gasteiger partial charge in [-0.3, -0.25) is 8.80 Å². The zero-order chi connectivity index (χ0) is 24.3. The third-order valence-corrected chi connectivity index (χ3v) is 8.79. The molecule has 0 aliphatic rings. The maximum Gasteiger partial charge on any atom is 0.213 e. The summed E-state index contributed by atoms with van der Waals surface area (Å²) in [6.45, 7) is 0. The van der Waals surface area contributed by atoms with Gasteiger partial charge in [0.25, 0.3) is 0 Å². The summed E-state index contributed by atoms with van der Waals surface area (Å²) in [5.74, 6) is 0. The summed E-state index contributed by atoms with van der Waals surface area (Å²) < 4.78 is 17.7. The van der Waals surface area contributed by atoms with Gasteiger partial charge in [0, 0.05) is 43.1 Å². The van der Waals surface area contributed by atoms with E-state index >= 15 is 0 Å². The Hall–Kier alpha value is -5.22. The van der Waals surface area contributed by atoms with Gasteiger partial charge in [0.15, 0.2) is 0 Å². The standard InChI is InChI=1S/C34H16N2O2/c1-3-13-27-19(7-1)29-21-11-5-9-17-23-16-26-24(15-25(23)35(31(17)21)33(29)37-27)18-10-6-12-22-30-20-8-2-4-14-28(20)38-34(30)36(26)32(18)22/h1-16H. The average Bonchev–Trinajstić information content (AvgIpc) is 3.76. The second kappa shape index (κ2) is 5.68. The monoisotopic (exact) mass is 484 g/mol. The molecule has 38 heavy (non-hydrogen) atoms. The summed E-state index contributed by atoms with van der Waals surface area (Å²) in [4.78, 5) is 0. The molecular formula is C34H16N2O2. The van der Waals surface area contributed by atoms with Crippen LogP contribution in [0.1, 0.15) is 0 Å². The molecule has 0 spiro atoms. The van der Waals surface area contributed by atoms with Gasteiger partial charge in [-0.05, 0) is 24.3 Å². The summed E-state index contributed by atoms with van der Waals surface area (Å²) in [7, 11) is 0. The summed E-state index contributed by atoms with van der Waals surface area (Å²) in [6.07, 6.45) is 0. The first-order valence-electron chi connectivity index (χ1n) is 13.0. The van der Waals surface area contributed by atoms with E-state index in [4.69, 9.17) is 8.83 Å².